The lowest BCUT2D eigenvalue weighted by molar-refractivity contribution is 0.0392. The molecule has 0 saturated carbocycles. The number of hydrogen-bond acceptors (Lipinski definition) is 6. The summed E-state index contributed by atoms with van der Waals surface area (Å²) in [4.78, 5) is 6.80. The van der Waals surface area contributed by atoms with Gasteiger partial charge in [0.2, 0.25) is 0 Å². The lowest BCUT2D eigenvalue weighted by Crippen LogP contribution is -2.38. The minimum Gasteiger partial charge on any atom is -0.492 e. The van der Waals surface area contributed by atoms with Crippen molar-refractivity contribution >= 4 is 5.96 Å². The van der Waals surface area contributed by atoms with Gasteiger partial charge in [0.25, 0.3) is 0 Å². The van der Waals surface area contributed by atoms with Gasteiger partial charge in [-0.15, -0.1) is 0 Å². The van der Waals surface area contributed by atoms with Gasteiger partial charge in [0.15, 0.2) is 5.96 Å². The van der Waals surface area contributed by atoms with Gasteiger partial charge in [0.05, 0.1) is 6.54 Å². The van der Waals surface area contributed by atoms with Crippen molar-refractivity contribution in [2.75, 3.05) is 40.0 Å². The number of hydrogen-bond donors (Lipinski definition) is 2. The highest BCUT2D eigenvalue weighted by Crippen LogP contribution is 2.15. The molecule has 6 heteroatoms. The van der Waals surface area contributed by atoms with Crippen LogP contribution >= 0.6 is 0 Å². The van der Waals surface area contributed by atoms with Crippen LogP contribution in [-0.2, 0) is 11.3 Å². The van der Waals surface area contributed by atoms with Gasteiger partial charge in [-0.1, -0.05) is 12.1 Å². The number of nitrogens with one attached hydrogen (secondary N) is 2. The van der Waals surface area contributed by atoms with Crippen molar-refractivity contribution < 1.29 is 9.47 Å². The molecule has 3 rings (SSSR count). The molecule has 0 bridgehead atoms. The van der Waals surface area contributed by atoms with Crippen LogP contribution in [0, 0.1) is 0 Å². The molecule has 25 heavy (non-hydrogen) atoms. The van der Waals surface area contributed by atoms with Crippen LogP contribution in [0.5, 0.6) is 5.75 Å². The molecule has 0 aliphatic carbocycles. The number of ether oxygens (including phenoxy) is 2. The van der Waals surface area contributed by atoms with Crippen LogP contribution in [0.1, 0.15) is 25.3 Å². The van der Waals surface area contributed by atoms with Crippen LogP contribution in [-0.4, -0.2) is 62.9 Å². The van der Waals surface area contributed by atoms with Crippen LogP contribution in [0.25, 0.3) is 0 Å². The average Bonchev–Trinajstić information content (AvgIpc) is 3.06. The van der Waals surface area contributed by atoms with E-state index in [0.717, 1.165) is 57.4 Å². The Bertz CT molecular complexity index is 572. The summed E-state index contributed by atoms with van der Waals surface area (Å²) in [6.45, 7) is 7.11. The maximum atomic E-state index is 5.95. The molecule has 1 unspecified atom stereocenters. The Balaban J connectivity index is 1.40. The third-order valence-electron chi connectivity index (χ3n) is 4.79. The zero-order valence-corrected chi connectivity index (χ0v) is 15.3. The summed E-state index contributed by atoms with van der Waals surface area (Å²) in [5.74, 6) is 1.81. The second-order valence-corrected chi connectivity index (χ2v) is 6.91. The van der Waals surface area contributed by atoms with Crippen molar-refractivity contribution in [2.24, 2.45) is 4.99 Å². The Kier molecular flexibility index (Phi) is 6.53. The Hall–Kier alpha value is -1.79. The fraction of sp³-hybridized carbons (Fsp3) is 0.632. The topological polar surface area (TPSA) is 58.1 Å². The Morgan fingerprint density at radius 3 is 2.96 bits per heavy atom. The van der Waals surface area contributed by atoms with E-state index < -0.39 is 0 Å². The molecule has 2 aliphatic heterocycles. The van der Waals surface area contributed by atoms with Crippen molar-refractivity contribution in [1.29, 1.82) is 0 Å². The van der Waals surface area contributed by atoms with Crippen LogP contribution < -0.4 is 15.4 Å². The molecule has 2 aliphatic rings. The number of benzene rings is 1. The molecule has 2 N–H and O–H groups in total. The number of guanidine groups is 1. The molecule has 1 aromatic rings. The maximum absolute atomic E-state index is 5.95. The van der Waals surface area contributed by atoms with Gasteiger partial charge in [-0.25, -0.2) is 0 Å². The first kappa shape index (κ1) is 18.0. The van der Waals surface area contributed by atoms with E-state index in [2.05, 4.69) is 46.6 Å². The molecule has 1 aromatic carbocycles. The normalized spacial score (nSPS) is 21.1. The number of rotatable bonds is 7. The van der Waals surface area contributed by atoms with E-state index in [0.29, 0.717) is 18.7 Å². The molecule has 0 amide bonds. The van der Waals surface area contributed by atoms with E-state index in [9.17, 15) is 0 Å². The summed E-state index contributed by atoms with van der Waals surface area (Å²) in [5, 5.41) is 6.65. The zero-order valence-electron chi connectivity index (χ0n) is 15.3. The van der Waals surface area contributed by atoms with Gasteiger partial charge in [-0.3, -0.25) is 9.89 Å². The van der Waals surface area contributed by atoms with Crippen molar-refractivity contribution in [3.63, 3.8) is 0 Å². The van der Waals surface area contributed by atoms with Crippen molar-refractivity contribution in [1.82, 2.24) is 15.5 Å². The lowest BCUT2D eigenvalue weighted by atomic mass is 10.1. The highest BCUT2D eigenvalue weighted by molar-refractivity contribution is 5.81. The molecular formula is C19H30N4O2. The predicted molar refractivity (Wildman–Crippen MR) is 100 cm³/mol. The molecule has 1 atom stereocenters. The molecule has 1 saturated heterocycles. The summed E-state index contributed by atoms with van der Waals surface area (Å²) in [6.07, 6.45) is 2.24. The minimum atomic E-state index is 0.421. The lowest BCUT2D eigenvalue weighted by Gasteiger charge is -2.31. The van der Waals surface area contributed by atoms with E-state index in [1.54, 1.807) is 0 Å². The third kappa shape index (κ3) is 5.61. The molecule has 0 radical (unpaired) electrons. The molecule has 0 aromatic heterocycles. The Morgan fingerprint density at radius 1 is 1.36 bits per heavy atom. The average molecular weight is 346 g/mol. The third-order valence-corrected chi connectivity index (χ3v) is 4.79. The van der Waals surface area contributed by atoms with E-state index in [4.69, 9.17) is 9.47 Å². The van der Waals surface area contributed by atoms with Crippen molar-refractivity contribution in [3.05, 3.63) is 29.8 Å². The summed E-state index contributed by atoms with van der Waals surface area (Å²) in [7, 11) is 2.18. The smallest absolute Gasteiger partial charge is 0.191 e. The number of aliphatic imine (C=N–C) groups is 1. The maximum Gasteiger partial charge on any atom is 0.191 e. The summed E-state index contributed by atoms with van der Waals surface area (Å²) < 4.78 is 11.4. The predicted octanol–water partition coefficient (Wildman–Crippen LogP) is 1.61. The quantitative estimate of drug-likeness (QED) is 0.786. The van der Waals surface area contributed by atoms with Gasteiger partial charge in [-0.05, 0) is 44.5 Å². The molecular weight excluding hydrogens is 316 g/mol. The molecule has 1 fully saturated rings. The summed E-state index contributed by atoms with van der Waals surface area (Å²) in [6, 6.07) is 9.31. The van der Waals surface area contributed by atoms with Crippen molar-refractivity contribution in [3.8, 4) is 5.75 Å². The van der Waals surface area contributed by atoms with Crippen molar-refractivity contribution in [2.45, 2.75) is 38.4 Å². The van der Waals surface area contributed by atoms with Crippen LogP contribution in [0.15, 0.2) is 29.3 Å². The zero-order chi connectivity index (χ0) is 17.5. The van der Waals surface area contributed by atoms with Gasteiger partial charge in [0.1, 0.15) is 12.4 Å². The Labute approximate surface area is 150 Å². The molecule has 6 nitrogen and oxygen atoms in total. The highest BCUT2D eigenvalue weighted by atomic mass is 16.5. The fourth-order valence-corrected chi connectivity index (χ4v) is 3.21. The first-order valence-corrected chi connectivity index (χ1v) is 9.25. The van der Waals surface area contributed by atoms with Crippen LogP contribution in [0.3, 0.4) is 0 Å². The second kappa shape index (κ2) is 9.06. The number of nitrogens with zero attached hydrogens (tertiary/aromatic N) is 2. The second-order valence-electron chi connectivity index (χ2n) is 6.91. The minimum absolute atomic E-state index is 0.421. The van der Waals surface area contributed by atoms with E-state index in [1.807, 2.05) is 12.1 Å². The molecule has 0 spiro atoms. The van der Waals surface area contributed by atoms with E-state index in [-0.39, 0.29) is 0 Å². The van der Waals surface area contributed by atoms with Crippen LogP contribution in [0.2, 0.25) is 0 Å². The number of likely N-dealkylation sites (N-methyl/N-ethyl adjacent to an activating group) is 1. The standard InChI is InChI=1S/C19H30N4O2/c1-15-13-20-19(22-15)21-14-16-4-3-5-18(12-16)25-11-8-23(2)17-6-9-24-10-7-17/h3-5,12,15,17H,6-11,13-14H2,1-2H3,(H2,20,21,22). The van der Waals surface area contributed by atoms with E-state index in [1.165, 1.54) is 5.56 Å². The van der Waals surface area contributed by atoms with Gasteiger partial charge >= 0.3 is 0 Å². The molecule has 138 valence electrons. The molecule has 2 heterocycles. The summed E-state index contributed by atoms with van der Waals surface area (Å²) in [5.41, 5.74) is 1.19. The van der Waals surface area contributed by atoms with E-state index >= 15 is 0 Å². The summed E-state index contributed by atoms with van der Waals surface area (Å²) >= 11 is 0. The van der Waals surface area contributed by atoms with Gasteiger partial charge in [0, 0.05) is 38.4 Å². The van der Waals surface area contributed by atoms with Gasteiger partial charge in [-0.2, -0.15) is 0 Å². The van der Waals surface area contributed by atoms with Crippen LogP contribution in [0.4, 0.5) is 0 Å². The highest BCUT2D eigenvalue weighted by Gasteiger charge is 2.18. The Morgan fingerprint density at radius 2 is 2.20 bits per heavy atom. The monoisotopic (exact) mass is 346 g/mol. The largest absolute Gasteiger partial charge is 0.492 e. The fourth-order valence-electron chi connectivity index (χ4n) is 3.21. The first-order chi connectivity index (χ1) is 12.2. The SMILES string of the molecule is CC1CN=C(NCc2cccc(OCCN(C)C3CCOCC3)c2)N1. The first-order valence-electron chi connectivity index (χ1n) is 9.25. The van der Waals surface area contributed by atoms with Gasteiger partial charge < -0.3 is 20.1 Å².